The third-order valence-corrected chi connectivity index (χ3v) is 3.49. The van der Waals surface area contributed by atoms with Crippen molar-refractivity contribution >= 4 is 0 Å². The van der Waals surface area contributed by atoms with E-state index in [-0.39, 0.29) is 0 Å². The van der Waals surface area contributed by atoms with Gasteiger partial charge in [-0.2, -0.15) is 0 Å². The summed E-state index contributed by atoms with van der Waals surface area (Å²) in [5.41, 5.74) is 0.355. The normalized spacial score (nSPS) is 23.6. The van der Waals surface area contributed by atoms with Gasteiger partial charge in [0.2, 0.25) is 0 Å². The lowest BCUT2D eigenvalue weighted by molar-refractivity contribution is 0.0938. The van der Waals surface area contributed by atoms with Crippen LogP contribution in [0, 0.1) is 5.41 Å². The molecular weight excluding hydrogens is 198 g/mol. The second kappa shape index (κ2) is 6.61. The third-order valence-electron chi connectivity index (χ3n) is 3.49. The molecule has 1 aliphatic heterocycles. The molecule has 0 radical (unpaired) electrons. The molecule has 0 saturated carbocycles. The zero-order valence-electron chi connectivity index (χ0n) is 11.5. The van der Waals surface area contributed by atoms with E-state index >= 15 is 0 Å². The van der Waals surface area contributed by atoms with Crippen LogP contribution in [0.15, 0.2) is 0 Å². The van der Waals surface area contributed by atoms with Gasteiger partial charge in [0.25, 0.3) is 0 Å². The van der Waals surface area contributed by atoms with Gasteiger partial charge in [0.05, 0.1) is 6.10 Å². The van der Waals surface area contributed by atoms with Crippen LogP contribution in [0.25, 0.3) is 0 Å². The Morgan fingerprint density at radius 1 is 1.38 bits per heavy atom. The SMILES string of the molecule is CCCNC(CCC1CCCO1)C(C)(C)C. The van der Waals surface area contributed by atoms with Gasteiger partial charge < -0.3 is 10.1 Å². The van der Waals surface area contributed by atoms with E-state index in [9.17, 15) is 0 Å². The standard InChI is InChI=1S/C14H29NO/c1-5-10-15-13(14(2,3)4)9-8-12-7-6-11-16-12/h12-13,15H,5-11H2,1-4H3. The first-order valence-corrected chi connectivity index (χ1v) is 6.89. The zero-order valence-corrected chi connectivity index (χ0v) is 11.5. The van der Waals surface area contributed by atoms with Crippen LogP contribution in [0.5, 0.6) is 0 Å². The first-order valence-electron chi connectivity index (χ1n) is 6.89. The monoisotopic (exact) mass is 227 g/mol. The maximum absolute atomic E-state index is 5.69. The van der Waals surface area contributed by atoms with Gasteiger partial charge in [0, 0.05) is 12.6 Å². The van der Waals surface area contributed by atoms with Crippen molar-refractivity contribution in [3.63, 3.8) is 0 Å². The maximum atomic E-state index is 5.69. The summed E-state index contributed by atoms with van der Waals surface area (Å²) in [6.45, 7) is 11.3. The van der Waals surface area contributed by atoms with Gasteiger partial charge >= 0.3 is 0 Å². The first-order chi connectivity index (χ1) is 7.54. The Balaban J connectivity index is 2.31. The Kier molecular flexibility index (Phi) is 5.77. The largest absolute Gasteiger partial charge is 0.378 e. The lowest BCUT2D eigenvalue weighted by atomic mass is 9.83. The molecule has 1 rings (SSSR count). The highest BCUT2D eigenvalue weighted by molar-refractivity contribution is 4.81. The third kappa shape index (κ3) is 4.84. The molecule has 0 aliphatic carbocycles. The summed E-state index contributed by atoms with van der Waals surface area (Å²) in [6.07, 6.45) is 6.74. The smallest absolute Gasteiger partial charge is 0.0576 e. The van der Waals surface area contributed by atoms with Crippen molar-refractivity contribution in [3.8, 4) is 0 Å². The van der Waals surface area contributed by atoms with E-state index in [0.29, 0.717) is 17.6 Å². The molecule has 0 aromatic carbocycles. The fourth-order valence-electron chi connectivity index (χ4n) is 2.38. The molecule has 96 valence electrons. The van der Waals surface area contributed by atoms with Crippen molar-refractivity contribution < 1.29 is 4.74 Å². The molecule has 0 spiro atoms. The summed E-state index contributed by atoms with van der Waals surface area (Å²) in [5, 5.41) is 3.68. The molecule has 1 heterocycles. The lowest BCUT2D eigenvalue weighted by Crippen LogP contribution is -2.41. The van der Waals surface area contributed by atoms with Gasteiger partial charge in [-0.25, -0.2) is 0 Å². The molecule has 0 aromatic rings. The van der Waals surface area contributed by atoms with Crippen molar-refractivity contribution in [1.29, 1.82) is 0 Å². The summed E-state index contributed by atoms with van der Waals surface area (Å²) in [5.74, 6) is 0. The zero-order chi connectivity index (χ0) is 12.0. The Morgan fingerprint density at radius 3 is 2.62 bits per heavy atom. The van der Waals surface area contributed by atoms with Gasteiger partial charge in [-0.15, -0.1) is 0 Å². The molecule has 0 aromatic heterocycles. The quantitative estimate of drug-likeness (QED) is 0.751. The van der Waals surface area contributed by atoms with Crippen molar-refractivity contribution in [3.05, 3.63) is 0 Å². The van der Waals surface area contributed by atoms with Crippen LogP contribution < -0.4 is 5.32 Å². The predicted molar refractivity (Wildman–Crippen MR) is 69.7 cm³/mol. The van der Waals surface area contributed by atoms with Gasteiger partial charge in [-0.3, -0.25) is 0 Å². The van der Waals surface area contributed by atoms with Crippen LogP contribution >= 0.6 is 0 Å². The molecule has 2 nitrogen and oxygen atoms in total. The molecule has 2 atom stereocenters. The van der Waals surface area contributed by atoms with Crippen LogP contribution in [0.2, 0.25) is 0 Å². The second-order valence-corrected chi connectivity index (χ2v) is 6.09. The summed E-state index contributed by atoms with van der Waals surface area (Å²) in [7, 11) is 0. The van der Waals surface area contributed by atoms with E-state index in [4.69, 9.17) is 4.74 Å². The van der Waals surface area contributed by atoms with Crippen molar-refractivity contribution in [2.45, 2.75) is 71.9 Å². The molecule has 16 heavy (non-hydrogen) atoms. The Labute approximate surface area is 101 Å². The van der Waals surface area contributed by atoms with Gasteiger partial charge in [0.15, 0.2) is 0 Å². The number of ether oxygens (including phenoxy) is 1. The van der Waals surface area contributed by atoms with Crippen LogP contribution in [0.1, 0.15) is 59.8 Å². The molecule has 1 N–H and O–H groups in total. The minimum Gasteiger partial charge on any atom is -0.378 e. The number of rotatable bonds is 6. The van der Waals surface area contributed by atoms with E-state index in [0.717, 1.165) is 13.2 Å². The van der Waals surface area contributed by atoms with Gasteiger partial charge in [0.1, 0.15) is 0 Å². The summed E-state index contributed by atoms with van der Waals surface area (Å²) in [4.78, 5) is 0. The van der Waals surface area contributed by atoms with Crippen molar-refractivity contribution in [2.75, 3.05) is 13.2 Å². The minimum atomic E-state index is 0.355. The average molecular weight is 227 g/mol. The van der Waals surface area contributed by atoms with E-state index in [2.05, 4.69) is 33.0 Å². The second-order valence-electron chi connectivity index (χ2n) is 6.09. The van der Waals surface area contributed by atoms with Crippen LogP contribution in [-0.4, -0.2) is 25.3 Å². The van der Waals surface area contributed by atoms with Gasteiger partial charge in [-0.1, -0.05) is 27.7 Å². The Hall–Kier alpha value is -0.0800. The van der Waals surface area contributed by atoms with E-state index in [1.807, 2.05) is 0 Å². The lowest BCUT2D eigenvalue weighted by Gasteiger charge is -2.32. The van der Waals surface area contributed by atoms with E-state index in [1.165, 1.54) is 32.1 Å². The highest BCUT2D eigenvalue weighted by atomic mass is 16.5. The molecule has 2 unspecified atom stereocenters. The number of hydrogen-bond acceptors (Lipinski definition) is 2. The van der Waals surface area contributed by atoms with Crippen molar-refractivity contribution in [1.82, 2.24) is 5.32 Å². The maximum Gasteiger partial charge on any atom is 0.0576 e. The average Bonchev–Trinajstić information content (AvgIpc) is 2.68. The van der Waals surface area contributed by atoms with Crippen LogP contribution in [-0.2, 0) is 4.74 Å². The molecule has 0 amide bonds. The van der Waals surface area contributed by atoms with Crippen LogP contribution in [0.3, 0.4) is 0 Å². The minimum absolute atomic E-state index is 0.355. The number of nitrogens with one attached hydrogen (secondary N) is 1. The molecule has 0 bridgehead atoms. The van der Waals surface area contributed by atoms with Crippen molar-refractivity contribution in [2.24, 2.45) is 5.41 Å². The molecule has 1 aliphatic rings. The molecule has 1 saturated heterocycles. The molecule has 1 fully saturated rings. The Bertz CT molecular complexity index is 180. The predicted octanol–water partition coefficient (Wildman–Crippen LogP) is 3.36. The summed E-state index contributed by atoms with van der Waals surface area (Å²) >= 11 is 0. The molecule has 2 heteroatoms. The fraction of sp³-hybridized carbons (Fsp3) is 1.00. The van der Waals surface area contributed by atoms with E-state index in [1.54, 1.807) is 0 Å². The summed E-state index contributed by atoms with van der Waals surface area (Å²) < 4.78 is 5.69. The van der Waals surface area contributed by atoms with E-state index < -0.39 is 0 Å². The Morgan fingerprint density at radius 2 is 2.12 bits per heavy atom. The number of hydrogen-bond donors (Lipinski definition) is 1. The fourth-order valence-corrected chi connectivity index (χ4v) is 2.38. The van der Waals surface area contributed by atoms with Gasteiger partial charge in [-0.05, 0) is 44.1 Å². The molecular formula is C14H29NO. The summed E-state index contributed by atoms with van der Waals surface area (Å²) in [6, 6.07) is 0.622. The highest BCUT2D eigenvalue weighted by Crippen LogP contribution is 2.26. The highest BCUT2D eigenvalue weighted by Gasteiger charge is 2.25. The topological polar surface area (TPSA) is 21.3 Å². The van der Waals surface area contributed by atoms with Crippen LogP contribution in [0.4, 0.5) is 0 Å². The first kappa shape index (κ1) is 14.0.